The number of urea groups is 1. The molecule has 0 spiro atoms. The van der Waals surface area contributed by atoms with E-state index in [0.717, 1.165) is 45.5 Å². The van der Waals surface area contributed by atoms with Gasteiger partial charge in [-0.05, 0) is 55.0 Å². The maximum atomic E-state index is 12.9. The average molecular weight is 474 g/mol. The molecule has 2 atom stereocenters. The van der Waals surface area contributed by atoms with E-state index in [9.17, 15) is 14.4 Å². The van der Waals surface area contributed by atoms with Crippen LogP contribution in [0.15, 0.2) is 54.7 Å². The Bertz CT molecular complexity index is 1280. The van der Waals surface area contributed by atoms with Gasteiger partial charge in [0.25, 0.3) is 5.91 Å². The first-order valence-corrected chi connectivity index (χ1v) is 12.0. The monoisotopic (exact) mass is 473 g/mol. The fourth-order valence-electron chi connectivity index (χ4n) is 5.01. The smallest absolute Gasteiger partial charge is 0.325 e. The molecule has 8 nitrogen and oxygen atoms in total. The molecule has 3 aromatic rings. The number of carbonyl (C=O) groups excluding carboxylic acids is 3. The molecule has 2 unspecified atom stereocenters. The number of amides is 4. The van der Waals surface area contributed by atoms with Crippen molar-refractivity contribution in [3.63, 3.8) is 0 Å². The first kappa shape index (κ1) is 23.0. The minimum absolute atomic E-state index is 0.105. The molecule has 0 bridgehead atoms. The van der Waals surface area contributed by atoms with Gasteiger partial charge in [0.15, 0.2) is 0 Å². The molecule has 5 rings (SSSR count). The van der Waals surface area contributed by atoms with Gasteiger partial charge in [-0.3, -0.25) is 14.5 Å². The normalized spacial score (nSPS) is 20.7. The molecule has 1 aliphatic heterocycles. The number of benzene rings is 2. The highest BCUT2D eigenvalue weighted by atomic mass is 16.2. The molecule has 3 N–H and O–H groups in total. The van der Waals surface area contributed by atoms with E-state index in [1.165, 1.54) is 0 Å². The highest BCUT2D eigenvalue weighted by Gasteiger charge is 2.56. The van der Waals surface area contributed by atoms with Crippen LogP contribution in [0.2, 0.25) is 0 Å². The molecule has 1 aliphatic carbocycles. The van der Waals surface area contributed by atoms with E-state index in [0.29, 0.717) is 6.54 Å². The molecule has 2 aliphatic rings. The Morgan fingerprint density at radius 3 is 2.54 bits per heavy atom. The standard InChI is InChI=1S/C27H31N5O3/c1-27(18-10-11-18)25(34)32(26(35)30-27)16-24(33)29-14-21(17-8-12-19(13-9-17)31(2)3)22-15-28-23-7-5-4-6-20(22)23/h4-9,12-13,15,18,21,28H,10-11,14,16H2,1-3H3,(H,29,33)(H,30,35). The quantitative estimate of drug-likeness (QED) is 0.438. The second-order valence-electron chi connectivity index (χ2n) is 9.93. The van der Waals surface area contributed by atoms with Gasteiger partial charge in [-0.1, -0.05) is 30.3 Å². The average Bonchev–Trinajstić information content (AvgIpc) is 3.59. The molecule has 182 valence electrons. The van der Waals surface area contributed by atoms with Gasteiger partial charge in [0, 0.05) is 49.3 Å². The van der Waals surface area contributed by atoms with Gasteiger partial charge in [-0.15, -0.1) is 0 Å². The molecule has 35 heavy (non-hydrogen) atoms. The number of nitrogens with zero attached hydrogens (tertiary/aromatic N) is 2. The molecule has 0 radical (unpaired) electrons. The first-order chi connectivity index (χ1) is 16.8. The number of imide groups is 1. The highest BCUT2D eigenvalue weighted by molar-refractivity contribution is 6.09. The lowest BCUT2D eigenvalue weighted by atomic mass is 9.90. The van der Waals surface area contributed by atoms with Crippen LogP contribution in [0.5, 0.6) is 0 Å². The Kier molecular flexibility index (Phi) is 5.75. The lowest BCUT2D eigenvalue weighted by Crippen LogP contribution is -2.47. The number of rotatable bonds is 8. The maximum Gasteiger partial charge on any atom is 0.325 e. The van der Waals surface area contributed by atoms with E-state index in [-0.39, 0.29) is 30.2 Å². The summed E-state index contributed by atoms with van der Waals surface area (Å²) in [5.74, 6) is -0.620. The Labute approximate surface area is 204 Å². The van der Waals surface area contributed by atoms with Crippen LogP contribution >= 0.6 is 0 Å². The molecule has 2 aromatic carbocycles. The molecule has 2 heterocycles. The van der Waals surface area contributed by atoms with Crippen LogP contribution in [0.25, 0.3) is 10.9 Å². The summed E-state index contributed by atoms with van der Waals surface area (Å²) in [6.07, 6.45) is 3.82. The second-order valence-corrected chi connectivity index (χ2v) is 9.93. The predicted molar refractivity (Wildman–Crippen MR) is 135 cm³/mol. The topological polar surface area (TPSA) is 97.5 Å². The van der Waals surface area contributed by atoms with Crippen molar-refractivity contribution in [2.75, 3.05) is 32.1 Å². The summed E-state index contributed by atoms with van der Waals surface area (Å²) in [4.78, 5) is 44.7. The third-order valence-electron chi connectivity index (χ3n) is 7.31. The van der Waals surface area contributed by atoms with Crippen molar-refractivity contribution in [2.24, 2.45) is 5.92 Å². The minimum atomic E-state index is -0.891. The number of aromatic nitrogens is 1. The lowest BCUT2D eigenvalue weighted by Gasteiger charge is -2.22. The van der Waals surface area contributed by atoms with Gasteiger partial charge in [-0.2, -0.15) is 0 Å². The van der Waals surface area contributed by atoms with E-state index in [1.54, 1.807) is 6.92 Å². The molecular weight excluding hydrogens is 442 g/mol. The zero-order chi connectivity index (χ0) is 24.7. The van der Waals surface area contributed by atoms with Crippen molar-refractivity contribution in [3.8, 4) is 0 Å². The Morgan fingerprint density at radius 2 is 1.86 bits per heavy atom. The number of hydrogen-bond acceptors (Lipinski definition) is 4. The van der Waals surface area contributed by atoms with Crippen molar-refractivity contribution < 1.29 is 14.4 Å². The number of nitrogens with one attached hydrogen (secondary N) is 3. The van der Waals surface area contributed by atoms with Gasteiger partial charge in [0.2, 0.25) is 5.91 Å². The van der Waals surface area contributed by atoms with Crippen LogP contribution in [0.4, 0.5) is 10.5 Å². The van der Waals surface area contributed by atoms with Gasteiger partial charge >= 0.3 is 6.03 Å². The summed E-state index contributed by atoms with van der Waals surface area (Å²) < 4.78 is 0. The Hall–Kier alpha value is -3.81. The van der Waals surface area contributed by atoms with E-state index < -0.39 is 11.6 Å². The number of hydrogen-bond donors (Lipinski definition) is 3. The number of aromatic amines is 1. The Morgan fingerprint density at radius 1 is 1.14 bits per heavy atom. The SMILES string of the molecule is CN(C)c1ccc(C(CNC(=O)CN2C(=O)NC(C)(C3CC3)C2=O)c2c[nH]c3ccccc23)cc1. The summed E-state index contributed by atoms with van der Waals surface area (Å²) in [6, 6.07) is 15.9. The number of para-hydroxylation sites is 1. The van der Waals surface area contributed by atoms with Crippen molar-refractivity contribution in [1.82, 2.24) is 20.5 Å². The number of carbonyl (C=O) groups is 3. The number of fused-ring (bicyclic) bond motifs is 1. The van der Waals surface area contributed by atoms with Crippen LogP contribution in [0, 0.1) is 5.92 Å². The predicted octanol–water partition coefficient (Wildman–Crippen LogP) is 3.20. The van der Waals surface area contributed by atoms with Crippen LogP contribution in [0.3, 0.4) is 0 Å². The van der Waals surface area contributed by atoms with Gasteiger partial charge < -0.3 is 20.5 Å². The maximum absolute atomic E-state index is 12.9. The molecular formula is C27H31N5O3. The number of anilines is 1. The van der Waals surface area contributed by atoms with Crippen LogP contribution in [0.1, 0.15) is 36.8 Å². The zero-order valence-corrected chi connectivity index (χ0v) is 20.3. The fraction of sp³-hybridized carbons (Fsp3) is 0.370. The van der Waals surface area contributed by atoms with Crippen LogP contribution in [-0.2, 0) is 9.59 Å². The Balaban J connectivity index is 1.34. The summed E-state index contributed by atoms with van der Waals surface area (Å²) in [7, 11) is 3.99. The van der Waals surface area contributed by atoms with Crippen LogP contribution in [-0.4, -0.2) is 60.5 Å². The number of H-pyrrole nitrogens is 1. The van der Waals surface area contributed by atoms with Crippen molar-refractivity contribution in [3.05, 3.63) is 65.9 Å². The molecule has 1 aromatic heterocycles. The fourth-order valence-corrected chi connectivity index (χ4v) is 5.01. The third-order valence-corrected chi connectivity index (χ3v) is 7.31. The molecule has 1 saturated heterocycles. The van der Waals surface area contributed by atoms with Crippen molar-refractivity contribution in [2.45, 2.75) is 31.2 Å². The van der Waals surface area contributed by atoms with E-state index >= 15 is 0 Å². The van der Waals surface area contributed by atoms with Crippen LogP contribution < -0.4 is 15.5 Å². The largest absolute Gasteiger partial charge is 0.378 e. The molecule has 1 saturated carbocycles. The van der Waals surface area contributed by atoms with E-state index in [2.05, 4.69) is 45.9 Å². The second kappa shape index (κ2) is 8.76. The van der Waals surface area contributed by atoms with Gasteiger partial charge in [0.05, 0.1) is 0 Å². The molecule has 2 fully saturated rings. The van der Waals surface area contributed by atoms with Gasteiger partial charge in [-0.25, -0.2) is 4.79 Å². The highest BCUT2D eigenvalue weighted by Crippen LogP contribution is 2.42. The summed E-state index contributed by atoms with van der Waals surface area (Å²) in [5.41, 5.74) is 3.37. The first-order valence-electron chi connectivity index (χ1n) is 12.0. The third kappa shape index (κ3) is 4.24. The summed E-state index contributed by atoms with van der Waals surface area (Å²) in [6.45, 7) is 1.81. The van der Waals surface area contributed by atoms with Gasteiger partial charge in [0.1, 0.15) is 12.1 Å². The summed E-state index contributed by atoms with van der Waals surface area (Å²) in [5, 5.41) is 6.86. The van der Waals surface area contributed by atoms with E-state index in [4.69, 9.17) is 0 Å². The zero-order valence-electron chi connectivity index (χ0n) is 20.3. The van der Waals surface area contributed by atoms with Crippen molar-refractivity contribution >= 4 is 34.4 Å². The molecule has 4 amide bonds. The van der Waals surface area contributed by atoms with E-state index in [1.807, 2.05) is 43.4 Å². The summed E-state index contributed by atoms with van der Waals surface area (Å²) >= 11 is 0. The lowest BCUT2D eigenvalue weighted by molar-refractivity contribution is -0.135. The molecule has 8 heteroatoms. The minimum Gasteiger partial charge on any atom is -0.378 e. The van der Waals surface area contributed by atoms with Crippen molar-refractivity contribution in [1.29, 1.82) is 0 Å².